The van der Waals surface area contributed by atoms with Crippen molar-refractivity contribution in [1.29, 1.82) is 0 Å². The van der Waals surface area contributed by atoms with E-state index in [1.54, 1.807) is 0 Å². The van der Waals surface area contributed by atoms with Crippen LogP contribution in [0.3, 0.4) is 0 Å². The molecule has 12 aromatic rings. The van der Waals surface area contributed by atoms with Crippen molar-refractivity contribution in [3.8, 4) is 44.5 Å². The first-order valence-electron chi connectivity index (χ1n) is 20.7. The van der Waals surface area contributed by atoms with Gasteiger partial charge in [-0.3, -0.25) is 0 Å². The SMILES string of the molecule is c1ccc(-c2ccc(-c3ccc(N(c4ccc(-c5cccc6c5oc5ccccc56)cc4)c4ccc(-c5cccc6c5oc5ccccc56)cc4)c4ccccc34)cc2)cc1. The standard InChI is InChI=1S/C58H37NO2/c1-2-12-38(13-3-1)39-24-26-40(27-25-39)45-36-37-54(49-15-5-4-14-48(45)49)59(43-32-28-41(29-33-43)46-18-10-20-52-50-16-6-8-22-55(50)60-57(46)52)44-34-30-42(31-35-44)47-19-11-21-53-51-17-7-9-23-56(51)61-58(47)53/h1-37H. The lowest BCUT2D eigenvalue weighted by Gasteiger charge is -2.28. The van der Waals surface area contributed by atoms with E-state index < -0.39 is 0 Å². The molecule has 0 bridgehead atoms. The molecule has 3 heteroatoms. The highest BCUT2D eigenvalue weighted by Gasteiger charge is 2.20. The molecule has 0 amide bonds. The zero-order valence-corrected chi connectivity index (χ0v) is 33.1. The first-order chi connectivity index (χ1) is 30.2. The van der Waals surface area contributed by atoms with E-state index in [1.807, 2.05) is 24.3 Å². The second-order valence-corrected chi connectivity index (χ2v) is 15.6. The summed E-state index contributed by atoms with van der Waals surface area (Å²) in [6.07, 6.45) is 0. The number of nitrogens with zero attached hydrogens (tertiary/aromatic N) is 1. The fourth-order valence-corrected chi connectivity index (χ4v) is 9.16. The smallest absolute Gasteiger partial charge is 0.143 e. The van der Waals surface area contributed by atoms with Gasteiger partial charge in [-0.2, -0.15) is 0 Å². The summed E-state index contributed by atoms with van der Waals surface area (Å²) in [5, 5.41) is 6.87. The summed E-state index contributed by atoms with van der Waals surface area (Å²) in [5.41, 5.74) is 16.0. The molecule has 0 atom stereocenters. The Balaban J connectivity index is 0.986. The van der Waals surface area contributed by atoms with Crippen LogP contribution in [0.25, 0.3) is 99.2 Å². The highest BCUT2D eigenvalue weighted by atomic mass is 16.3. The van der Waals surface area contributed by atoms with Crippen molar-refractivity contribution in [2.75, 3.05) is 4.90 Å². The van der Waals surface area contributed by atoms with Crippen LogP contribution in [-0.2, 0) is 0 Å². The van der Waals surface area contributed by atoms with Gasteiger partial charge in [-0.25, -0.2) is 0 Å². The number of anilines is 3. The van der Waals surface area contributed by atoms with Crippen molar-refractivity contribution >= 4 is 71.7 Å². The maximum absolute atomic E-state index is 6.45. The summed E-state index contributed by atoms with van der Waals surface area (Å²) < 4.78 is 12.9. The Kier molecular flexibility index (Phi) is 8.17. The van der Waals surface area contributed by atoms with Gasteiger partial charge in [0, 0.05) is 49.4 Å². The lowest BCUT2D eigenvalue weighted by molar-refractivity contribution is 0.669. The summed E-state index contributed by atoms with van der Waals surface area (Å²) in [4.78, 5) is 2.38. The Bertz CT molecular complexity index is 3400. The highest BCUT2D eigenvalue weighted by Crippen LogP contribution is 2.44. The minimum atomic E-state index is 0.898. The molecule has 12 rings (SSSR count). The minimum absolute atomic E-state index is 0.898. The van der Waals surface area contributed by atoms with Gasteiger partial charge in [0.05, 0.1) is 5.69 Å². The largest absolute Gasteiger partial charge is 0.455 e. The fourth-order valence-electron chi connectivity index (χ4n) is 9.16. The van der Waals surface area contributed by atoms with Gasteiger partial charge in [0.25, 0.3) is 0 Å². The summed E-state index contributed by atoms with van der Waals surface area (Å²) in [7, 11) is 0. The van der Waals surface area contributed by atoms with E-state index in [1.165, 1.54) is 33.0 Å². The number of furan rings is 2. The lowest BCUT2D eigenvalue weighted by Crippen LogP contribution is -2.10. The monoisotopic (exact) mass is 779 g/mol. The van der Waals surface area contributed by atoms with Gasteiger partial charge in [0.2, 0.25) is 0 Å². The molecule has 0 aliphatic rings. The fraction of sp³-hybridized carbons (Fsp3) is 0. The molecule has 0 radical (unpaired) electrons. The average Bonchev–Trinajstić information content (AvgIpc) is 3.92. The number of rotatable bonds is 7. The van der Waals surface area contributed by atoms with Crippen molar-refractivity contribution < 1.29 is 8.83 Å². The molecule has 10 aromatic carbocycles. The van der Waals surface area contributed by atoms with Crippen LogP contribution >= 0.6 is 0 Å². The second kappa shape index (κ2) is 14.3. The van der Waals surface area contributed by atoms with Crippen LogP contribution < -0.4 is 4.90 Å². The minimum Gasteiger partial charge on any atom is -0.455 e. The molecule has 61 heavy (non-hydrogen) atoms. The molecule has 3 nitrogen and oxygen atoms in total. The van der Waals surface area contributed by atoms with Crippen molar-refractivity contribution in [1.82, 2.24) is 0 Å². The van der Waals surface area contributed by atoms with Crippen molar-refractivity contribution in [3.63, 3.8) is 0 Å². The molecule has 0 aliphatic carbocycles. The molecule has 286 valence electrons. The molecule has 0 saturated carbocycles. The van der Waals surface area contributed by atoms with Crippen LogP contribution in [0.2, 0.25) is 0 Å². The first-order valence-corrected chi connectivity index (χ1v) is 20.7. The summed E-state index contributed by atoms with van der Waals surface area (Å²) in [6, 6.07) is 79.9. The maximum Gasteiger partial charge on any atom is 0.143 e. The van der Waals surface area contributed by atoms with E-state index in [-0.39, 0.29) is 0 Å². The van der Waals surface area contributed by atoms with Gasteiger partial charge in [-0.15, -0.1) is 0 Å². The third kappa shape index (κ3) is 5.90. The number of fused-ring (bicyclic) bond motifs is 7. The third-order valence-corrected chi connectivity index (χ3v) is 12.1. The van der Waals surface area contributed by atoms with E-state index in [2.05, 4.69) is 205 Å². The Morgan fingerprint density at radius 3 is 1.21 bits per heavy atom. The summed E-state index contributed by atoms with van der Waals surface area (Å²) in [6.45, 7) is 0. The predicted molar refractivity (Wildman–Crippen MR) is 255 cm³/mol. The zero-order chi connectivity index (χ0) is 40.3. The van der Waals surface area contributed by atoms with Crippen LogP contribution in [0.1, 0.15) is 0 Å². The second-order valence-electron chi connectivity index (χ2n) is 15.6. The normalized spacial score (nSPS) is 11.6. The van der Waals surface area contributed by atoms with E-state index >= 15 is 0 Å². The van der Waals surface area contributed by atoms with Gasteiger partial charge < -0.3 is 13.7 Å². The lowest BCUT2D eigenvalue weighted by atomic mass is 9.94. The van der Waals surface area contributed by atoms with Crippen LogP contribution in [0.15, 0.2) is 233 Å². The zero-order valence-electron chi connectivity index (χ0n) is 33.1. The molecule has 2 heterocycles. The van der Waals surface area contributed by atoms with E-state index in [0.29, 0.717) is 0 Å². The van der Waals surface area contributed by atoms with E-state index in [0.717, 1.165) is 83.2 Å². The number of hydrogen-bond acceptors (Lipinski definition) is 3. The van der Waals surface area contributed by atoms with Gasteiger partial charge in [-0.1, -0.05) is 182 Å². The van der Waals surface area contributed by atoms with Gasteiger partial charge in [0.15, 0.2) is 0 Å². The molecule has 0 fully saturated rings. The number of benzene rings is 10. The molecular formula is C58H37NO2. The van der Waals surface area contributed by atoms with Crippen molar-refractivity contribution in [2.24, 2.45) is 0 Å². The van der Waals surface area contributed by atoms with Crippen LogP contribution in [0, 0.1) is 0 Å². The van der Waals surface area contributed by atoms with Gasteiger partial charge in [-0.05, 0) is 81.2 Å². The predicted octanol–water partition coefficient (Wildman–Crippen LogP) is 16.8. The third-order valence-electron chi connectivity index (χ3n) is 12.1. The average molecular weight is 780 g/mol. The molecule has 0 unspecified atom stereocenters. The topological polar surface area (TPSA) is 29.5 Å². The number of hydrogen-bond donors (Lipinski definition) is 0. The Morgan fingerprint density at radius 2 is 0.656 bits per heavy atom. The Hall–Kier alpha value is -8.14. The first kappa shape index (κ1) is 34.9. The van der Waals surface area contributed by atoms with Crippen LogP contribution in [0.4, 0.5) is 17.1 Å². The van der Waals surface area contributed by atoms with E-state index in [4.69, 9.17) is 8.83 Å². The molecule has 0 aliphatic heterocycles. The molecule has 2 aromatic heterocycles. The molecule has 0 spiro atoms. The Labute approximate surface area is 353 Å². The number of para-hydroxylation sites is 4. The van der Waals surface area contributed by atoms with Crippen LogP contribution in [0.5, 0.6) is 0 Å². The van der Waals surface area contributed by atoms with Crippen molar-refractivity contribution in [3.05, 3.63) is 224 Å². The van der Waals surface area contributed by atoms with Gasteiger partial charge in [0.1, 0.15) is 22.3 Å². The molecule has 0 N–H and O–H groups in total. The Morgan fingerprint density at radius 1 is 0.246 bits per heavy atom. The van der Waals surface area contributed by atoms with Crippen LogP contribution in [-0.4, -0.2) is 0 Å². The molecular weight excluding hydrogens is 743 g/mol. The summed E-state index contributed by atoms with van der Waals surface area (Å²) >= 11 is 0. The maximum atomic E-state index is 6.45. The van der Waals surface area contributed by atoms with Gasteiger partial charge >= 0.3 is 0 Å². The van der Waals surface area contributed by atoms with E-state index in [9.17, 15) is 0 Å². The van der Waals surface area contributed by atoms with Crippen molar-refractivity contribution in [2.45, 2.75) is 0 Å². The quantitative estimate of drug-likeness (QED) is 0.161. The summed E-state index contributed by atoms with van der Waals surface area (Å²) in [5.74, 6) is 0. The molecule has 0 saturated heterocycles. The highest BCUT2D eigenvalue weighted by molar-refractivity contribution is 6.11.